The van der Waals surface area contributed by atoms with Crippen LogP contribution in [-0.2, 0) is 4.79 Å². The van der Waals surface area contributed by atoms with Crippen LogP contribution < -0.4 is 15.5 Å². The Morgan fingerprint density at radius 2 is 1.86 bits per heavy atom. The number of pyridine rings is 1. The number of carboxylic acids is 1. The number of imidazole rings is 1. The number of rotatable bonds is 7. The van der Waals surface area contributed by atoms with Crippen LogP contribution in [0.25, 0.3) is 22.6 Å². The number of carbonyl (C=O) groups excluding carboxylic acids is 1. The zero-order chi connectivity index (χ0) is 26.0. The van der Waals surface area contributed by atoms with Gasteiger partial charge in [-0.2, -0.15) is 5.10 Å². The highest BCUT2D eigenvalue weighted by Gasteiger charge is 2.40. The molecule has 5 rings (SSSR count). The summed E-state index contributed by atoms with van der Waals surface area (Å²) in [5.41, 5.74) is 1.60. The summed E-state index contributed by atoms with van der Waals surface area (Å²) in [4.78, 5) is 39.5. The monoisotopic (exact) mass is 503 g/mol. The van der Waals surface area contributed by atoms with Crippen LogP contribution in [0.2, 0.25) is 0 Å². The summed E-state index contributed by atoms with van der Waals surface area (Å²) in [6, 6.07) is 5.36. The van der Waals surface area contributed by atoms with Gasteiger partial charge < -0.3 is 15.3 Å². The van der Waals surface area contributed by atoms with Crippen LogP contribution in [0.15, 0.2) is 49.2 Å². The summed E-state index contributed by atoms with van der Waals surface area (Å²) in [7, 11) is 0. The summed E-state index contributed by atoms with van der Waals surface area (Å²) in [5.74, 6) is 1.01. The van der Waals surface area contributed by atoms with Crippen LogP contribution in [0.1, 0.15) is 33.1 Å². The quantitative estimate of drug-likeness (QED) is 0.349. The Morgan fingerprint density at radius 1 is 1.11 bits per heavy atom. The number of urea groups is 1. The first-order valence-corrected chi connectivity index (χ1v) is 12.3. The van der Waals surface area contributed by atoms with Gasteiger partial charge in [0.25, 0.3) is 0 Å². The summed E-state index contributed by atoms with van der Waals surface area (Å²) in [5, 5.41) is 19.5. The van der Waals surface area contributed by atoms with E-state index in [9.17, 15) is 14.7 Å². The number of nitrogens with zero attached hydrogens (tertiary/aromatic N) is 7. The van der Waals surface area contributed by atoms with Crippen molar-refractivity contribution in [3.8, 4) is 16.9 Å². The maximum Gasteiger partial charge on any atom is 0.320 e. The van der Waals surface area contributed by atoms with Gasteiger partial charge in [-0.05, 0) is 49.9 Å². The summed E-state index contributed by atoms with van der Waals surface area (Å²) in [6.45, 7) is 5.49. The van der Waals surface area contributed by atoms with Crippen LogP contribution in [-0.4, -0.2) is 65.9 Å². The lowest BCUT2D eigenvalue weighted by atomic mass is 9.76. The number of nitrogens with one attached hydrogen (secondary N) is 2. The van der Waals surface area contributed by atoms with Crippen LogP contribution in [0, 0.1) is 5.41 Å². The van der Waals surface area contributed by atoms with Gasteiger partial charge in [0, 0.05) is 50.0 Å². The number of hydrogen-bond acceptors (Lipinski definition) is 7. The van der Waals surface area contributed by atoms with Gasteiger partial charge in [0.15, 0.2) is 5.82 Å². The van der Waals surface area contributed by atoms with E-state index in [4.69, 9.17) is 0 Å². The van der Waals surface area contributed by atoms with Gasteiger partial charge in [-0.15, -0.1) is 0 Å². The third-order valence-electron chi connectivity index (χ3n) is 6.97. The molecule has 0 atom stereocenters. The minimum absolute atomic E-state index is 0.326. The van der Waals surface area contributed by atoms with Crippen molar-refractivity contribution in [3.05, 3.63) is 49.2 Å². The molecule has 192 valence electrons. The average Bonchev–Trinajstić information content (AvgIpc) is 3.58. The predicted octanol–water partition coefficient (Wildman–Crippen LogP) is 3.20. The second-order valence-electron chi connectivity index (χ2n) is 9.09. The molecule has 0 unspecified atom stereocenters. The molecule has 0 radical (unpaired) electrons. The molecule has 12 nitrogen and oxygen atoms in total. The van der Waals surface area contributed by atoms with E-state index >= 15 is 0 Å². The zero-order valence-electron chi connectivity index (χ0n) is 20.8. The molecule has 0 aromatic carbocycles. The first-order chi connectivity index (χ1) is 17.9. The first kappa shape index (κ1) is 24.2. The Labute approximate surface area is 213 Å². The second kappa shape index (κ2) is 9.88. The Kier molecular flexibility index (Phi) is 6.47. The lowest BCUT2D eigenvalue weighted by Crippen LogP contribution is -2.44. The Balaban J connectivity index is 1.43. The van der Waals surface area contributed by atoms with Crippen molar-refractivity contribution in [2.75, 3.05) is 29.9 Å². The van der Waals surface area contributed by atoms with Crippen LogP contribution in [0.3, 0.4) is 0 Å². The number of carbonyl (C=O) groups is 2. The number of hydrogen-bond donors (Lipinski definition) is 3. The molecule has 1 aliphatic heterocycles. The van der Waals surface area contributed by atoms with E-state index in [-0.39, 0.29) is 6.03 Å². The van der Waals surface area contributed by atoms with Crippen LogP contribution in [0.5, 0.6) is 0 Å². The highest BCUT2D eigenvalue weighted by Crippen LogP contribution is 2.36. The minimum Gasteiger partial charge on any atom is -0.481 e. The molecule has 0 aliphatic carbocycles. The minimum atomic E-state index is -0.724. The maximum atomic E-state index is 12.0. The highest BCUT2D eigenvalue weighted by molar-refractivity contribution is 5.88. The SMILES string of the molecule is CCNC(=O)Nc1cn2c(-n3cccn3)cc(-c3cnc(N4CCC(CC)(C(=O)O)CC4)nc3)cc2n1. The Hall–Kier alpha value is -4.48. The molecule has 1 fully saturated rings. The normalized spacial score (nSPS) is 15.0. The smallest absolute Gasteiger partial charge is 0.320 e. The Morgan fingerprint density at radius 3 is 2.49 bits per heavy atom. The standard InChI is InChI=1S/C25H29N9O3/c1-3-25(22(35)36)6-10-32(11-7-25)23-27-14-18(15-28-23)17-12-20-30-19(31-24(37)26-4-2)16-33(20)21(13-17)34-9-5-8-29-34/h5,8-9,12-16H,3-4,6-7,10-11H2,1-2H3,(H,35,36)(H2,26,31,37). The number of aromatic nitrogens is 6. The van der Waals surface area contributed by atoms with Crippen molar-refractivity contribution < 1.29 is 14.7 Å². The van der Waals surface area contributed by atoms with Gasteiger partial charge in [0.2, 0.25) is 5.95 Å². The van der Waals surface area contributed by atoms with E-state index in [0.29, 0.717) is 56.3 Å². The molecule has 12 heteroatoms. The largest absolute Gasteiger partial charge is 0.481 e. The molecule has 37 heavy (non-hydrogen) atoms. The van der Waals surface area contributed by atoms with Crippen molar-refractivity contribution >= 4 is 29.4 Å². The average molecular weight is 504 g/mol. The number of carboxylic acid groups (broad SMARTS) is 1. The molecule has 1 saturated heterocycles. The van der Waals surface area contributed by atoms with Crippen molar-refractivity contribution in [2.24, 2.45) is 5.41 Å². The Bertz CT molecular complexity index is 1410. The molecular weight excluding hydrogens is 474 g/mol. The molecule has 0 saturated carbocycles. The topological polar surface area (TPSA) is 143 Å². The molecule has 4 aromatic heterocycles. The summed E-state index contributed by atoms with van der Waals surface area (Å²) < 4.78 is 3.57. The molecule has 5 heterocycles. The van der Waals surface area contributed by atoms with E-state index in [0.717, 1.165) is 16.9 Å². The van der Waals surface area contributed by atoms with Gasteiger partial charge in [0.1, 0.15) is 11.5 Å². The van der Waals surface area contributed by atoms with Crippen LogP contribution in [0.4, 0.5) is 16.6 Å². The van der Waals surface area contributed by atoms with Crippen molar-refractivity contribution in [1.82, 2.24) is 34.4 Å². The number of aliphatic carboxylic acids is 1. The number of fused-ring (bicyclic) bond motifs is 1. The molecule has 0 bridgehead atoms. The third kappa shape index (κ3) is 4.69. The van der Waals surface area contributed by atoms with E-state index < -0.39 is 11.4 Å². The third-order valence-corrected chi connectivity index (χ3v) is 6.97. The number of piperidine rings is 1. The van der Waals surface area contributed by atoms with E-state index in [1.807, 2.05) is 47.5 Å². The maximum absolute atomic E-state index is 12.0. The first-order valence-electron chi connectivity index (χ1n) is 12.3. The molecule has 0 spiro atoms. The number of anilines is 2. The van der Waals surface area contributed by atoms with Crippen molar-refractivity contribution in [3.63, 3.8) is 0 Å². The van der Waals surface area contributed by atoms with Gasteiger partial charge in [-0.1, -0.05) is 6.92 Å². The fraction of sp³-hybridized carbons (Fsp3) is 0.360. The molecule has 3 N–H and O–H groups in total. The molecular formula is C25H29N9O3. The second-order valence-corrected chi connectivity index (χ2v) is 9.09. The van der Waals surface area contributed by atoms with Crippen molar-refractivity contribution in [1.29, 1.82) is 0 Å². The summed E-state index contributed by atoms with van der Waals surface area (Å²) in [6.07, 6.45) is 10.5. The lowest BCUT2D eigenvalue weighted by molar-refractivity contribution is -0.150. The summed E-state index contributed by atoms with van der Waals surface area (Å²) >= 11 is 0. The molecule has 2 amide bonds. The van der Waals surface area contributed by atoms with Gasteiger partial charge in [-0.3, -0.25) is 14.5 Å². The van der Waals surface area contributed by atoms with E-state index in [1.165, 1.54) is 0 Å². The van der Waals surface area contributed by atoms with Crippen LogP contribution >= 0.6 is 0 Å². The lowest BCUT2D eigenvalue weighted by Gasteiger charge is -2.38. The molecule has 1 aliphatic rings. The van der Waals surface area contributed by atoms with E-state index in [1.54, 1.807) is 29.5 Å². The van der Waals surface area contributed by atoms with Gasteiger partial charge in [0.05, 0.1) is 11.6 Å². The highest BCUT2D eigenvalue weighted by atomic mass is 16.4. The molecule has 4 aromatic rings. The fourth-order valence-corrected chi connectivity index (χ4v) is 4.69. The predicted molar refractivity (Wildman–Crippen MR) is 138 cm³/mol. The van der Waals surface area contributed by atoms with Gasteiger partial charge >= 0.3 is 12.0 Å². The van der Waals surface area contributed by atoms with Crippen molar-refractivity contribution in [2.45, 2.75) is 33.1 Å². The van der Waals surface area contributed by atoms with Gasteiger partial charge in [-0.25, -0.2) is 24.4 Å². The van der Waals surface area contributed by atoms with E-state index in [2.05, 4.69) is 30.7 Å². The fourth-order valence-electron chi connectivity index (χ4n) is 4.69. The number of amides is 2. The zero-order valence-corrected chi connectivity index (χ0v) is 20.8.